The number of hydrogen-bond acceptors (Lipinski definition) is 6. The summed E-state index contributed by atoms with van der Waals surface area (Å²) in [5.74, 6) is -0.659. The Bertz CT molecular complexity index is 1210. The molecule has 2 heterocycles. The second kappa shape index (κ2) is 13.4. The number of piperidine rings is 1. The fourth-order valence-corrected chi connectivity index (χ4v) is 6.60. The molecule has 8 heteroatoms. The van der Waals surface area contributed by atoms with Gasteiger partial charge in [0, 0.05) is 31.1 Å². The molecule has 1 fully saturated rings. The molecule has 1 saturated heterocycles. The van der Waals surface area contributed by atoms with Crippen LogP contribution in [0.4, 0.5) is 0 Å². The first-order chi connectivity index (χ1) is 20.0. The molecule has 0 bridgehead atoms. The Morgan fingerprint density at radius 1 is 1.14 bits per heavy atom. The molecule has 0 spiro atoms. The van der Waals surface area contributed by atoms with Crippen LogP contribution < -0.4 is 10.1 Å². The number of hydrogen-bond donors (Lipinski definition) is 1. The summed E-state index contributed by atoms with van der Waals surface area (Å²) in [5, 5.41) is 2.98. The fourth-order valence-electron chi connectivity index (χ4n) is 6.60. The predicted octanol–water partition coefficient (Wildman–Crippen LogP) is 5.36. The number of ether oxygens (including phenoxy) is 3. The first-order valence-corrected chi connectivity index (χ1v) is 15.3. The molecule has 4 atom stereocenters. The average Bonchev–Trinajstić information content (AvgIpc) is 2.97. The molecule has 1 aliphatic carbocycles. The van der Waals surface area contributed by atoms with Crippen LogP contribution in [0, 0.1) is 16.7 Å². The molecule has 1 aromatic carbocycles. The SMILES string of the molecule is COC(=O)[C@]12C[C@H](CC(=O)NCCc3ccccc3OC)C(=O)N(CCC3=CCCCC3)C1=C[C@H](C(C)(C)C)O[C@@H]2C. The highest BCUT2D eigenvalue weighted by molar-refractivity contribution is 5.92. The van der Waals surface area contributed by atoms with Crippen LogP contribution in [0.5, 0.6) is 5.75 Å². The minimum atomic E-state index is -1.17. The van der Waals surface area contributed by atoms with Crippen molar-refractivity contribution >= 4 is 17.8 Å². The second-order valence-electron chi connectivity index (χ2n) is 12.9. The number of carbonyl (C=O) groups is 3. The average molecular weight is 581 g/mol. The molecule has 1 aromatic rings. The zero-order valence-corrected chi connectivity index (χ0v) is 26.2. The molecule has 0 saturated carbocycles. The van der Waals surface area contributed by atoms with Crippen molar-refractivity contribution < 1.29 is 28.6 Å². The van der Waals surface area contributed by atoms with Gasteiger partial charge in [0.05, 0.1) is 26.4 Å². The fraction of sp³-hybridized carbons (Fsp3) is 0.618. The van der Waals surface area contributed by atoms with Gasteiger partial charge in [-0.1, -0.05) is 50.6 Å². The van der Waals surface area contributed by atoms with Crippen molar-refractivity contribution in [1.29, 1.82) is 0 Å². The van der Waals surface area contributed by atoms with E-state index in [9.17, 15) is 14.4 Å². The molecule has 230 valence electrons. The van der Waals surface area contributed by atoms with Gasteiger partial charge in [0.2, 0.25) is 11.8 Å². The molecule has 1 N–H and O–H groups in total. The van der Waals surface area contributed by atoms with E-state index in [2.05, 4.69) is 32.2 Å². The van der Waals surface area contributed by atoms with Gasteiger partial charge in [0.15, 0.2) is 0 Å². The largest absolute Gasteiger partial charge is 0.496 e. The van der Waals surface area contributed by atoms with Gasteiger partial charge in [-0.3, -0.25) is 14.4 Å². The monoisotopic (exact) mass is 580 g/mol. The number of allylic oxidation sites excluding steroid dienone is 1. The lowest BCUT2D eigenvalue weighted by Crippen LogP contribution is -2.61. The van der Waals surface area contributed by atoms with Gasteiger partial charge in [0.25, 0.3) is 0 Å². The molecule has 0 aromatic heterocycles. The van der Waals surface area contributed by atoms with Crippen LogP contribution in [0.25, 0.3) is 0 Å². The summed E-state index contributed by atoms with van der Waals surface area (Å²) in [7, 11) is 3.01. The molecule has 0 unspecified atom stereocenters. The number of esters is 1. The third-order valence-corrected chi connectivity index (χ3v) is 9.07. The number of para-hydroxylation sites is 1. The maximum Gasteiger partial charge on any atom is 0.320 e. The zero-order valence-electron chi connectivity index (χ0n) is 26.2. The Morgan fingerprint density at radius 3 is 2.57 bits per heavy atom. The van der Waals surface area contributed by atoms with Crippen molar-refractivity contribution in [1.82, 2.24) is 10.2 Å². The number of rotatable bonds is 10. The van der Waals surface area contributed by atoms with Gasteiger partial charge < -0.3 is 24.4 Å². The van der Waals surface area contributed by atoms with Crippen LogP contribution in [-0.2, 0) is 30.3 Å². The topological polar surface area (TPSA) is 94.2 Å². The van der Waals surface area contributed by atoms with Crippen molar-refractivity contribution in [2.24, 2.45) is 16.7 Å². The van der Waals surface area contributed by atoms with Crippen LogP contribution in [0.2, 0.25) is 0 Å². The summed E-state index contributed by atoms with van der Waals surface area (Å²) in [5.41, 5.74) is 1.61. The number of amides is 2. The van der Waals surface area contributed by atoms with Gasteiger partial charge in [-0.2, -0.15) is 0 Å². The van der Waals surface area contributed by atoms with E-state index in [-0.39, 0.29) is 36.2 Å². The van der Waals surface area contributed by atoms with E-state index in [1.807, 2.05) is 37.3 Å². The van der Waals surface area contributed by atoms with Crippen molar-refractivity contribution in [2.75, 3.05) is 27.3 Å². The minimum Gasteiger partial charge on any atom is -0.496 e. The van der Waals surface area contributed by atoms with E-state index in [1.165, 1.54) is 19.1 Å². The number of methoxy groups -OCH3 is 2. The number of fused-ring (bicyclic) bond motifs is 1. The summed E-state index contributed by atoms with van der Waals surface area (Å²) in [6.45, 7) is 9.04. The van der Waals surface area contributed by atoms with Gasteiger partial charge in [0.1, 0.15) is 11.2 Å². The van der Waals surface area contributed by atoms with E-state index in [0.29, 0.717) is 25.2 Å². The molecule has 0 radical (unpaired) electrons. The number of nitrogens with zero attached hydrogens (tertiary/aromatic N) is 1. The van der Waals surface area contributed by atoms with Crippen LogP contribution >= 0.6 is 0 Å². The lowest BCUT2D eigenvalue weighted by Gasteiger charge is -2.53. The van der Waals surface area contributed by atoms with Crippen molar-refractivity contribution in [3.8, 4) is 5.75 Å². The Kier molecular flexibility index (Phi) is 10.2. The molecule has 3 aliphatic rings. The Labute approximate surface area is 250 Å². The molecular weight excluding hydrogens is 532 g/mol. The second-order valence-corrected chi connectivity index (χ2v) is 12.9. The highest BCUT2D eigenvalue weighted by Crippen LogP contribution is 2.52. The van der Waals surface area contributed by atoms with Gasteiger partial charge in [-0.05, 0) is 75.0 Å². The van der Waals surface area contributed by atoms with Crippen LogP contribution in [0.1, 0.15) is 78.2 Å². The third kappa shape index (κ3) is 6.74. The van der Waals surface area contributed by atoms with Gasteiger partial charge in [-0.25, -0.2) is 0 Å². The smallest absolute Gasteiger partial charge is 0.320 e. The van der Waals surface area contributed by atoms with E-state index in [0.717, 1.165) is 37.0 Å². The first-order valence-electron chi connectivity index (χ1n) is 15.3. The van der Waals surface area contributed by atoms with E-state index < -0.39 is 23.4 Å². The van der Waals surface area contributed by atoms with Crippen molar-refractivity contribution in [3.05, 3.63) is 53.3 Å². The quantitative estimate of drug-likeness (QED) is 0.296. The van der Waals surface area contributed by atoms with E-state index in [4.69, 9.17) is 14.2 Å². The number of benzene rings is 1. The molecule has 2 amide bonds. The predicted molar refractivity (Wildman–Crippen MR) is 162 cm³/mol. The number of carbonyl (C=O) groups excluding carboxylic acids is 3. The molecule has 8 nitrogen and oxygen atoms in total. The highest BCUT2D eigenvalue weighted by atomic mass is 16.5. The lowest BCUT2D eigenvalue weighted by molar-refractivity contribution is -0.180. The standard InChI is InChI=1S/C34H48N2O6/c1-23-34(32(39)41-6)22-26(20-30(37)35-18-16-25-14-10-11-15-27(25)40-5)31(38)36(19-17-24-12-8-7-9-13-24)28(34)21-29(42-23)33(2,3)4/h10-12,14-15,21,23,26,29H,7-9,13,16-20,22H2,1-6H3,(H,35,37)/t23-,26+,29-,34+/m1/s1. The van der Waals surface area contributed by atoms with Crippen molar-refractivity contribution in [3.63, 3.8) is 0 Å². The summed E-state index contributed by atoms with van der Waals surface area (Å²) in [6, 6.07) is 7.71. The van der Waals surface area contributed by atoms with Gasteiger partial charge >= 0.3 is 5.97 Å². The number of likely N-dealkylation sites (tertiary alicyclic amines) is 1. The maximum atomic E-state index is 14.2. The Hall–Kier alpha value is -3.13. The zero-order chi connectivity index (χ0) is 30.5. The Morgan fingerprint density at radius 2 is 1.90 bits per heavy atom. The normalized spacial score (nSPS) is 26.1. The maximum absolute atomic E-state index is 14.2. The number of nitrogens with one attached hydrogen (secondary N) is 1. The van der Waals surface area contributed by atoms with Crippen LogP contribution in [0.15, 0.2) is 47.7 Å². The first kappa shape index (κ1) is 31.8. The molecule has 42 heavy (non-hydrogen) atoms. The van der Waals surface area contributed by atoms with E-state index in [1.54, 1.807) is 12.0 Å². The molecule has 2 aliphatic heterocycles. The highest BCUT2D eigenvalue weighted by Gasteiger charge is 2.60. The Balaban J connectivity index is 1.59. The minimum absolute atomic E-state index is 0.00853. The summed E-state index contributed by atoms with van der Waals surface area (Å²) in [4.78, 5) is 42.8. The summed E-state index contributed by atoms with van der Waals surface area (Å²) >= 11 is 0. The summed E-state index contributed by atoms with van der Waals surface area (Å²) in [6.07, 6.45) is 9.40. The third-order valence-electron chi connectivity index (χ3n) is 9.07. The van der Waals surface area contributed by atoms with Crippen LogP contribution in [0.3, 0.4) is 0 Å². The molecule has 4 rings (SSSR count). The van der Waals surface area contributed by atoms with E-state index >= 15 is 0 Å². The lowest BCUT2D eigenvalue weighted by atomic mass is 9.65. The van der Waals surface area contributed by atoms with Crippen LogP contribution in [-0.4, -0.2) is 62.2 Å². The summed E-state index contributed by atoms with van der Waals surface area (Å²) < 4.78 is 17.3. The van der Waals surface area contributed by atoms with Crippen molar-refractivity contribution in [2.45, 2.75) is 91.3 Å². The van der Waals surface area contributed by atoms with Gasteiger partial charge in [-0.15, -0.1) is 0 Å². The molecular formula is C34H48N2O6.